The van der Waals surface area contributed by atoms with Crippen LogP contribution in [0.2, 0.25) is 0 Å². The van der Waals surface area contributed by atoms with Crippen molar-refractivity contribution < 1.29 is 4.79 Å². The number of amides is 2. The molecule has 2 aromatic carbocycles. The van der Waals surface area contributed by atoms with E-state index in [1.807, 2.05) is 12.1 Å². The number of hydrogen-bond donors (Lipinski definition) is 1. The molecule has 0 aliphatic heterocycles. The molecule has 116 valence electrons. The van der Waals surface area contributed by atoms with E-state index in [9.17, 15) is 4.79 Å². The first-order chi connectivity index (χ1) is 10.5. The summed E-state index contributed by atoms with van der Waals surface area (Å²) in [6, 6.07) is 16.6. The molecule has 22 heavy (non-hydrogen) atoms. The van der Waals surface area contributed by atoms with Crippen molar-refractivity contribution in [3.63, 3.8) is 0 Å². The van der Waals surface area contributed by atoms with Crippen LogP contribution in [0.25, 0.3) is 0 Å². The minimum absolute atomic E-state index is 0.100. The van der Waals surface area contributed by atoms with Crippen molar-refractivity contribution >= 4 is 11.7 Å². The summed E-state index contributed by atoms with van der Waals surface area (Å²) in [6.45, 7) is 2.13. The second kappa shape index (κ2) is 7.64. The Bertz CT molecular complexity index is 635. The summed E-state index contributed by atoms with van der Waals surface area (Å²) in [7, 11) is 3.47. The van der Waals surface area contributed by atoms with Gasteiger partial charge in [0.15, 0.2) is 0 Å². The Hall–Kier alpha value is -2.29. The quantitative estimate of drug-likeness (QED) is 0.878. The molecule has 0 aliphatic carbocycles. The number of benzene rings is 2. The fourth-order valence-corrected chi connectivity index (χ4v) is 2.40. The molecule has 0 heterocycles. The number of rotatable bonds is 5. The van der Waals surface area contributed by atoms with Gasteiger partial charge < -0.3 is 10.2 Å². The number of hydrogen-bond acceptors (Lipinski definition) is 1. The van der Waals surface area contributed by atoms with E-state index in [2.05, 4.69) is 48.6 Å². The normalized spacial score (nSPS) is 10.3. The molecular formula is C19H24N2O. The second-order valence-electron chi connectivity index (χ2n) is 5.87. The molecule has 2 amide bonds. The van der Waals surface area contributed by atoms with Crippen LogP contribution < -0.4 is 5.32 Å². The van der Waals surface area contributed by atoms with Crippen LogP contribution in [0.4, 0.5) is 10.5 Å². The van der Waals surface area contributed by atoms with Crippen molar-refractivity contribution in [1.29, 1.82) is 0 Å². The maximum absolute atomic E-state index is 11.7. The molecule has 0 unspecified atom stereocenters. The molecule has 0 atom stereocenters. The summed E-state index contributed by atoms with van der Waals surface area (Å²) in [6.07, 6.45) is 3.20. The number of aryl methyl sites for hydroxylation is 3. The molecule has 0 spiro atoms. The molecule has 0 fully saturated rings. The first-order valence-corrected chi connectivity index (χ1v) is 7.67. The second-order valence-corrected chi connectivity index (χ2v) is 5.87. The average molecular weight is 296 g/mol. The van der Waals surface area contributed by atoms with Gasteiger partial charge in [0.2, 0.25) is 0 Å². The van der Waals surface area contributed by atoms with Gasteiger partial charge in [0.1, 0.15) is 0 Å². The topological polar surface area (TPSA) is 32.3 Å². The summed E-state index contributed by atoms with van der Waals surface area (Å²) in [4.78, 5) is 13.2. The van der Waals surface area contributed by atoms with Gasteiger partial charge in [0.05, 0.1) is 0 Å². The molecule has 0 radical (unpaired) electrons. The fourth-order valence-electron chi connectivity index (χ4n) is 2.40. The molecule has 2 aromatic rings. The zero-order valence-electron chi connectivity index (χ0n) is 13.6. The third kappa shape index (κ3) is 4.92. The van der Waals surface area contributed by atoms with Gasteiger partial charge in [-0.15, -0.1) is 0 Å². The standard InChI is InChI=1S/C19H24N2O/c1-15-7-4-8-16(13-15)9-5-10-17-11-6-12-18(14-17)20-19(22)21(2)3/h4,6-8,11-14H,5,9-10H2,1-3H3,(H,20,22). The van der Waals surface area contributed by atoms with E-state index in [4.69, 9.17) is 0 Å². The van der Waals surface area contributed by atoms with Crippen LogP contribution in [0.15, 0.2) is 48.5 Å². The van der Waals surface area contributed by atoms with E-state index < -0.39 is 0 Å². The van der Waals surface area contributed by atoms with Crippen LogP contribution >= 0.6 is 0 Å². The summed E-state index contributed by atoms with van der Waals surface area (Å²) in [5.74, 6) is 0. The van der Waals surface area contributed by atoms with Gasteiger partial charge in [-0.05, 0) is 49.4 Å². The third-order valence-corrected chi connectivity index (χ3v) is 3.60. The molecule has 0 aliphatic rings. The zero-order valence-corrected chi connectivity index (χ0v) is 13.6. The lowest BCUT2D eigenvalue weighted by atomic mass is 10.0. The van der Waals surface area contributed by atoms with E-state index in [1.54, 1.807) is 14.1 Å². The highest BCUT2D eigenvalue weighted by molar-refractivity contribution is 5.88. The van der Waals surface area contributed by atoms with Crippen LogP contribution in [0.5, 0.6) is 0 Å². The third-order valence-electron chi connectivity index (χ3n) is 3.60. The van der Waals surface area contributed by atoms with Crippen molar-refractivity contribution in [1.82, 2.24) is 4.90 Å². The van der Waals surface area contributed by atoms with Crippen LogP contribution in [-0.4, -0.2) is 25.0 Å². The highest BCUT2D eigenvalue weighted by Gasteiger charge is 2.04. The van der Waals surface area contributed by atoms with Crippen molar-refractivity contribution in [2.45, 2.75) is 26.2 Å². The van der Waals surface area contributed by atoms with E-state index >= 15 is 0 Å². The lowest BCUT2D eigenvalue weighted by Gasteiger charge is -2.12. The predicted octanol–water partition coefficient (Wildman–Crippen LogP) is 4.26. The molecule has 1 N–H and O–H groups in total. The van der Waals surface area contributed by atoms with Gasteiger partial charge in [0.25, 0.3) is 0 Å². The minimum atomic E-state index is -0.100. The number of nitrogens with zero attached hydrogens (tertiary/aromatic N) is 1. The Kier molecular flexibility index (Phi) is 5.59. The first-order valence-electron chi connectivity index (χ1n) is 7.67. The Morgan fingerprint density at radius 3 is 2.27 bits per heavy atom. The largest absolute Gasteiger partial charge is 0.331 e. The number of urea groups is 1. The Morgan fingerprint density at radius 2 is 1.64 bits per heavy atom. The molecule has 0 saturated carbocycles. The van der Waals surface area contributed by atoms with Crippen molar-refractivity contribution in [3.8, 4) is 0 Å². The molecule has 0 aromatic heterocycles. The molecule has 3 nitrogen and oxygen atoms in total. The van der Waals surface area contributed by atoms with Gasteiger partial charge in [0, 0.05) is 19.8 Å². The monoisotopic (exact) mass is 296 g/mol. The van der Waals surface area contributed by atoms with Crippen molar-refractivity contribution in [2.24, 2.45) is 0 Å². The van der Waals surface area contributed by atoms with E-state index in [0.29, 0.717) is 0 Å². The average Bonchev–Trinajstić information content (AvgIpc) is 2.47. The number of nitrogens with one attached hydrogen (secondary N) is 1. The maximum Gasteiger partial charge on any atom is 0.321 e. The summed E-state index contributed by atoms with van der Waals surface area (Å²) in [5, 5.41) is 2.88. The molecule has 0 saturated heterocycles. The highest BCUT2D eigenvalue weighted by Crippen LogP contribution is 2.14. The van der Waals surface area contributed by atoms with Gasteiger partial charge in [-0.1, -0.05) is 42.0 Å². The Balaban J connectivity index is 1.89. The minimum Gasteiger partial charge on any atom is -0.331 e. The predicted molar refractivity (Wildman–Crippen MR) is 92.4 cm³/mol. The summed E-state index contributed by atoms with van der Waals surface area (Å²) >= 11 is 0. The smallest absolute Gasteiger partial charge is 0.321 e. The zero-order chi connectivity index (χ0) is 15.9. The van der Waals surface area contributed by atoms with Crippen molar-refractivity contribution in [3.05, 3.63) is 65.2 Å². The molecule has 0 bridgehead atoms. The maximum atomic E-state index is 11.7. The Labute approximate surface area is 133 Å². The van der Waals surface area contributed by atoms with Gasteiger partial charge in [-0.3, -0.25) is 0 Å². The van der Waals surface area contributed by atoms with E-state index in [1.165, 1.54) is 21.6 Å². The lowest BCUT2D eigenvalue weighted by Crippen LogP contribution is -2.27. The lowest BCUT2D eigenvalue weighted by molar-refractivity contribution is 0.230. The number of carbonyl (C=O) groups excluding carboxylic acids is 1. The van der Waals surface area contributed by atoms with Crippen molar-refractivity contribution in [2.75, 3.05) is 19.4 Å². The van der Waals surface area contributed by atoms with E-state index in [-0.39, 0.29) is 6.03 Å². The van der Waals surface area contributed by atoms with Crippen LogP contribution in [0.3, 0.4) is 0 Å². The first kappa shape index (κ1) is 16.1. The molecule has 2 rings (SSSR count). The van der Waals surface area contributed by atoms with Gasteiger partial charge >= 0.3 is 6.03 Å². The summed E-state index contributed by atoms with van der Waals surface area (Å²) < 4.78 is 0. The SMILES string of the molecule is Cc1cccc(CCCc2cccc(NC(=O)N(C)C)c2)c1. The number of anilines is 1. The Morgan fingerprint density at radius 1 is 1.00 bits per heavy atom. The summed E-state index contributed by atoms with van der Waals surface area (Å²) in [5.41, 5.74) is 4.80. The van der Waals surface area contributed by atoms with Crippen LogP contribution in [0.1, 0.15) is 23.1 Å². The molecular weight excluding hydrogens is 272 g/mol. The van der Waals surface area contributed by atoms with E-state index in [0.717, 1.165) is 24.9 Å². The van der Waals surface area contributed by atoms with Crippen LogP contribution in [-0.2, 0) is 12.8 Å². The number of carbonyl (C=O) groups is 1. The van der Waals surface area contributed by atoms with Gasteiger partial charge in [-0.25, -0.2) is 4.79 Å². The highest BCUT2D eigenvalue weighted by atomic mass is 16.2. The van der Waals surface area contributed by atoms with Crippen LogP contribution in [0, 0.1) is 6.92 Å². The van der Waals surface area contributed by atoms with Gasteiger partial charge in [-0.2, -0.15) is 0 Å². The molecule has 3 heteroatoms. The fraction of sp³-hybridized carbons (Fsp3) is 0.316.